The van der Waals surface area contributed by atoms with E-state index in [2.05, 4.69) is 89.3 Å². The Labute approximate surface area is 271 Å². The fraction of sp³-hybridized carbons (Fsp3) is 0.500. The Bertz CT molecular complexity index is 1700. The normalized spacial score (nSPS) is 25.4. The van der Waals surface area contributed by atoms with Crippen molar-refractivity contribution < 1.29 is 29.0 Å². The van der Waals surface area contributed by atoms with Crippen LogP contribution in [0.25, 0.3) is 5.57 Å². The number of carbonyl (C=O) groups is 3. The minimum atomic E-state index is -0.812. The Balaban J connectivity index is 1.75. The minimum absolute atomic E-state index is 0.0628. The Morgan fingerprint density at radius 3 is 2.07 bits per heavy atom. The van der Waals surface area contributed by atoms with Gasteiger partial charge in [-0.25, -0.2) is 9.59 Å². The summed E-state index contributed by atoms with van der Waals surface area (Å²) in [5.74, 6) is -0.644. The number of hydrogen-bond acceptors (Lipinski definition) is 8. The summed E-state index contributed by atoms with van der Waals surface area (Å²) in [6, 6.07) is 4.37. The van der Waals surface area contributed by atoms with E-state index in [1.54, 1.807) is 0 Å². The largest absolute Gasteiger partial charge is 0.506 e. The van der Waals surface area contributed by atoms with Gasteiger partial charge in [0.15, 0.2) is 0 Å². The van der Waals surface area contributed by atoms with Gasteiger partial charge < -0.3 is 24.4 Å². The number of fused-ring (bicyclic) bond motifs is 2. The van der Waals surface area contributed by atoms with Gasteiger partial charge in [-0.15, -0.1) is 0 Å². The molecular formula is C36H46N4O6. The molecule has 2 N–H and O–H groups in total. The lowest BCUT2D eigenvalue weighted by Gasteiger charge is -2.34. The van der Waals surface area contributed by atoms with E-state index in [0.717, 1.165) is 22.5 Å². The van der Waals surface area contributed by atoms with E-state index in [4.69, 9.17) is 9.47 Å². The van der Waals surface area contributed by atoms with Crippen molar-refractivity contribution in [3.05, 3.63) is 63.6 Å². The Morgan fingerprint density at radius 1 is 0.913 bits per heavy atom. The van der Waals surface area contributed by atoms with Crippen molar-refractivity contribution in [3.8, 4) is 0 Å². The molecular weight excluding hydrogens is 584 g/mol. The summed E-state index contributed by atoms with van der Waals surface area (Å²) >= 11 is 0. The molecule has 2 amide bonds. The molecule has 0 bridgehead atoms. The van der Waals surface area contributed by atoms with Gasteiger partial charge in [0.1, 0.15) is 5.76 Å². The lowest BCUT2D eigenvalue weighted by Crippen LogP contribution is -2.42. The van der Waals surface area contributed by atoms with Crippen molar-refractivity contribution in [2.45, 2.75) is 98.8 Å². The highest BCUT2D eigenvalue weighted by Gasteiger charge is 2.49. The Kier molecular flexibility index (Phi) is 8.02. The standard InChI is InChI=1S/C36H46N4O6/c1-17(2)39-19(5)35(7,8)23-13-21(25(15-27(23)39)37-33(43)45-11)29-31(41)30(32(29)42)22-14-24-28(16-26(22)38-34(44)46-12)40(18(3)4)20(6)36(24,9)10/h13-20,41H,1-12H3,(H,37,43)/b30-22+,38-26+. The third-order valence-corrected chi connectivity index (χ3v) is 10.5. The molecule has 10 nitrogen and oxygen atoms in total. The Morgan fingerprint density at radius 2 is 1.52 bits per heavy atom. The van der Waals surface area contributed by atoms with Crippen molar-refractivity contribution in [1.82, 2.24) is 4.90 Å². The molecule has 2 unspecified atom stereocenters. The first kappa shape index (κ1) is 33.0. The number of ketones is 1. The monoisotopic (exact) mass is 630 g/mol. The van der Waals surface area contributed by atoms with Crippen molar-refractivity contribution in [2.75, 3.05) is 24.4 Å². The van der Waals surface area contributed by atoms with E-state index in [1.165, 1.54) is 14.2 Å². The first-order valence-corrected chi connectivity index (χ1v) is 15.8. The number of anilines is 2. The number of nitrogens with zero attached hydrogens (tertiary/aromatic N) is 3. The van der Waals surface area contributed by atoms with Crippen LogP contribution >= 0.6 is 0 Å². The second-order valence-electron chi connectivity index (χ2n) is 14.2. The third kappa shape index (κ3) is 4.75. The van der Waals surface area contributed by atoms with Crippen LogP contribution in [-0.2, 0) is 19.7 Å². The molecule has 10 heteroatoms. The number of rotatable bonds is 4. The van der Waals surface area contributed by atoms with E-state index in [-0.39, 0.29) is 57.6 Å². The van der Waals surface area contributed by atoms with Crippen molar-refractivity contribution in [2.24, 2.45) is 10.4 Å². The maximum absolute atomic E-state index is 14.2. The molecule has 2 aliphatic heterocycles. The van der Waals surface area contributed by atoms with Crippen LogP contribution < -0.4 is 10.2 Å². The molecule has 2 atom stereocenters. The number of benzene rings is 1. The van der Waals surface area contributed by atoms with Gasteiger partial charge in [0.25, 0.3) is 0 Å². The second kappa shape index (κ2) is 11.2. The summed E-state index contributed by atoms with van der Waals surface area (Å²) in [6.45, 7) is 21.4. The molecule has 0 spiro atoms. The van der Waals surface area contributed by atoms with Gasteiger partial charge in [-0.1, -0.05) is 27.7 Å². The van der Waals surface area contributed by atoms with E-state index in [9.17, 15) is 19.5 Å². The number of allylic oxidation sites excluding steroid dienone is 6. The predicted octanol–water partition coefficient (Wildman–Crippen LogP) is 7.08. The summed E-state index contributed by atoms with van der Waals surface area (Å²) in [6.07, 6.45) is 2.18. The van der Waals surface area contributed by atoms with Crippen LogP contribution in [0, 0.1) is 5.41 Å². The summed E-state index contributed by atoms with van der Waals surface area (Å²) in [5, 5.41) is 14.5. The molecule has 0 saturated carbocycles. The predicted molar refractivity (Wildman–Crippen MR) is 180 cm³/mol. The zero-order valence-corrected chi connectivity index (χ0v) is 28.9. The number of likely N-dealkylation sites (tertiary alicyclic amines) is 1. The molecule has 246 valence electrons. The Hall–Kier alpha value is -4.34. The molecule has 5 rings (SSSR count). The highest BCUT2D eigenvalue weighted by molar-refractivity contribution is 6.42. The van der Waals surface area contributed by atoms with Crippen LogP contribution in [-0.4, -0.2) is 72.1 Å². The van der Waals surface area contributed by atoms with Crippen LogP contribution in [0.3, 0.4) is 0 Å². The molecule has 0 aromatic heterocycles. The summed E-state index contributed by atoms with van der Waals surface area (Å²) in [7, 11) is 2.52. The SMILES string of the molecule is COC(=O)/N=C1\C=C2C(=C\C1=C1/C(=O)C(c3cc4c(cc3NC(=O)OC)N(C(C)C)C(C)C4(C)C)=C1O)C(C)(C)C(C)N2C(C)C. The maximum Gasteiger partial charge on any atom is 0.433 e. The summed E-state index contributed by atoms with van der Waals surface area (Å²) in [4.78, 5) is 47.9. The molecule has 2 heterocycles. The van der Waals surface area contributed by atoms with Gasteiger partial charge in [-0.3, -0.25) is 10.1 Å². The highest BCUT2D eigenvalue weighted by atomic mass is 16.5. The lowest BCUT2D eigenvalue weighted by atomic mass is 9.73. The molecule has 46 heavy (non-hydrogen) atoms. The lowest BCUT2D eigenvalue weighted by molar-refractivity contribution is -0.111. The molecule has 1 aromatic rings. The van der Waals surface area contributed by atoms with E-state index in [1.807, 2.05) is 24.3 Å². The number of aliphatic hydroxyl groups is 1. The number of amides is 2. The fourth-order valence-electron chi connectivity index (χ4n) is 7.45. The van der Waals surface area contributed by atoms with Crippen LogP contribution in [0.4, 0.5) is 21.0 Å². The average molecular weight is 631 g/mol. The number of carbonyl (C=O) groups excluding carboxylic acids is 3. The quantitative estimate of drug-likeness (QED) is 0.339. The van der Waals surface area contributed by atoms with Crippen molar-refractivity contribution in [1.29, 1.82) is 0 Å². The zero-order valence-electron chi connectivity index (χ0n) is 28.9. The van der Waals surface area contributed by atoms with Crippen LogP contribution in [0.1, 0.15) is 80.4 Å². The number of aliphatic imine (C=N–C) groups is 1. The first-order valence-electron chi connectivity index (χ1n) is 15.8. The molecule has 1 saturated heterocycles. The topological polar surface area (TPSA) is 121 Å². The maximum atomic E-state index is 14.2. The zero-order chi connectivity index (χ0) is 34.2. The van der Waals surface area contributed by atoms with Gasteiger partial charge in [0.2, 0.25) is 5.78 Å². The van der Waals surface area contributed by atoms with Crippen LogP contribution in [0.2, 0.25) is 0 Å². The third-order valence-electron chi connectivity index (χ3n) is 10.5. The van der Waals surface area contributed by atoms with E-state index < -0.39 is 18.0 Å². The fourth-order valence-corrected chi connectivity index (χ4v) is 7.45. The molecule has 1 fully saturated rings. The van der Waals surface area contributed by atoms with Crippen molar-refractivity contribution >= 4 is 40.6 Å². The number of hydrogen-bond donors (Lipinski definition) is 2. The molecule has 0 radical (unpaired) electrons. The van der Waals surface area contributed by atoms with Gasteiger partial charge in [0.05, 0.1) is 36.8 Å². The number of aliphatic hydroxyl groups excluding tert-OH is 1. The number of nitrogens with one attached hydrogen (secondary N) is 1. The van der Waals surface area contributed by atoms with Gasteiger partial charge in [-0.05, 0) is 77.0 Å². The molecule has 4 aliphatic rings. The first-order chi connectivity index (χ1) is 21.4. The molecule has 2 aliphatic carbocycles. The number of ether oxygens (including phenoxy) is 2. The van der Waals surface area contributed by atoms with Crippen LogP contribution in [0.15, 0.2) is 57.5 Å². The van der Waals surface area contributed by atoms with Gasteiger partial charge in [-0.2, -0.15) is 4.99 Å². The second-order valence-corrected chi connectivity index (χ2v) is 14.2. The van der Waals surface area contributed by atoms with Gasteiger partial charge >= 0.3 is 12.2 Å². The summed E-state index contributed by atoms with van der Waals surface area (Å²) in [5.41, 5.74) is 4.76. The smallest absolute Gasteiger partial charge is 0.433 e. The minimum Gasteiger partial charge on any atom is -0.506 e. The average Bonchev–Trinajstić information content (AvgIpc) is 3.29. The summed E-state index contributed by atoms with van der Waals surface area (Å²) < 4.78 is 9.76. The highest BCUT2D eigenvalue weighted by Crippen LogP contribution is 2.53. The van der Waals surface area contributed by atoms with E-state index in [0.29, 0.717) is 16.8 Å². The number of methoxy groups -OCH3 is 2. The van der Waals surface area contributed by atoms with E-state index >= 15 is 0 Å². The molecule has 1 aromatic carbocycles. The van der Waals surface area contributed by atoms with Gasteiger partial charge in [0, 0.05) is 57.5 Å². The number of Topliss-reactive ketones (excluding diaryl/α,β-unsaturated/α-hetero) is 1. The van der Waals surface area contributed by atoms with Crippen LogP contribution in [0.5, 0.6) is 0 Å². The van der Waals surface area contributed by atoms with Crippen molar-refractivity contribution in [3.63, 3.8) is 0 Å².